The Morgan fingerprint density at radius 1 is 0.913 bits per heavy atom. The van der Waals surface area contributed by atoms with Crippen LogP contribution in [0.4, 0.5) is 0 Å². The molecule has 2 aliphatic rings. The summed E-state index contributed by atoms with van der Waals surface area (Å²) in [6.45, 7) is 5.23. The van der Waals surface area contributed by atoms with Gasteiger partial charge in [-0.15, -0.1) is 0 Å². The molecule has 0 bridgehead atoms. The number of ether oxygens (including phenoxy) is 2. The van der Waals surface area contributed by atoms with Gasteiger partial charge in [0.15, 0.2) is 0 Å². The average molecular weight is 653 g/mol. The maximum absolute atomic E-state index is 13.5. The fourth-order valence-corrected chi connectivity index (χ4v) is 6.97. The molecule has 2 heterocycles. The van der Waals surface area contributed by atoms with Crippen molar-refractivity contribution in [3.8, 4) is 16.9 Å². The minimum absolute atomic E-state index is 0.0915. The van der Waals surface area contributed by atoms with Crippen molar-refractivity contribution in [3.05, 3.63) is 107 Å². The number of rotatable bonds is 12. The molecule has 2 aliphatic heterocycles. The number of fused-ring (bicyclic) bond motifs is 1. The summed E-state index contributed by atoms with van der Waals surface area (Å²) in [6.07, 6.45) is 3.18. The third kappa shape index (κ3) is 8.03. The van der Waals surface area contributed by atoms with Gasteiger partial charge >= 0.3 is 5.97 Å². The zero-order valence-corrected chi connectivity index (χ0v) is 27.2. The van der Waals surface area contributed by atoms with Crippen LogP contribution in [0.2, 0.25) is 0 Å². The molecule has 4 aromatic rings. The molecule has 2 fully saturated rings. The lowest BCUT2D eigenvalue weighted by Crippen LogP contribution is -2.38. The number of carbonyl (C=O) groups excluding carboxylic acids is 1. The first-order valence-corrected chi connectivity index (χ1v) is 16.8. The van der Waals surface area contributed by atoms with E-state index in [1.54, 1.807) is 4.90 Å². The predicted molar refractivity (Wildman–Crippen MR) is 188 cm³/mol. The second-order valence-corrected chi connectivity index (χ2v) is 13.1. The van der Waals surface area contributed by atoms with Crippen LogP contribution < -0.4 is 4.74 Å². The molecule has 7 nitrogen and oxygen atoms in total. The molecular formula is C37H36N2O5S2. The lowest BCUT2D eigenvalue weighted by molar-refractivity contribution is -0.137. The Balaban J connectivity index is 1.18. The normalized spacial score (nSPS) is 16.4. The largest absolute Gasteiger partial charge is 0.492 e. The maximum Gasteiger partial charge on any atom is 0.303 e. The standard InChI is InChI=1S/C37H36N2O5S2/c40-35(41)14-10-26-5-7-27(8-6-26)15-16-39-36(42)34(46-37(39)45)24-28-9-13-33(44-22-19-38-17-20-43-21-18-38)32(23-28)31-12-11-29-3-1-2-4-30(29)25-31/h1-9,11-13,23-25H,10,14-22H2,(H,40,41)/b34-24-. The van der Waals surface area contributed by atoms with Crippen LogP contribution in [-0.4, -0.2) is 77.1 Å². The molecule has 0 spiro atoms. The molecule has 6 rings (SSSR count). The minimum atomic E-state index is -0.805. The van der Waals surface area contributed by atoms with E-state index in [1.165, 1.54) is 17.1 Å². The van der Waals surface area contributed by atoms with Gasteiger partial charge in [-0.2, -0.15) is 0 Å². The van der Waals surface area contributed by atoms with Gasteiger partial charge in [-0.1, -0.05) is 90.7 Å². The molecule has 0 saturated carbocycles. The minimum Gasteiger partial charge on any atom is -0.492 e. The van der Waals surface area contributed by atoms with E-state index in [0.717, 1.165) is 71.8 Å². The molecule has 236 valence electrons. The highest BCUT2D eigenvalue weighted by molar-refractivity contribution is 8.26. The van der Waals surface area contributed by atoms with E-state index in [1.807, 2.05) is 54.6 Å². The Labute approximate surface area is 278 Å². The molecule has 1 N–H and O–H groups in total. The molecule has 0 aromatic heterocycles. The lowest BCUT2D eigenvalue weighted by Gasteiger charge is -2.26. The molecule has 46 heavy (non-hydrogen) atoms. The number of benzene rings is 4. The van der Waals surface area contributed by atoms with Crippen molar-refractivity contribution >= 4 is 57.0 Å². The molecule has 0 radical (unpaired) electrons. The number of carbonyl (C=O) groups is 2. The number of amides is 1. The number of carboxylic acid groups (broad SMARTS) is 1. The van der Waals surface area contributed by atoms with Crippen LogP contribution in [0.15, 0.2) is 89.8 Å². The first-order chi connectivity index (χ1) is 22.4. The van der Waals surface area contributed by atoms with Gasteiger partial charge < -0.3 is 14.6 Å². The predicted octanol–water partition coefficient (Wildman–Crippen LogP) is 6.68. The first-order valence-electron chi connectivity index (χ1n) is 15.5. The van der Waals surface area contributed by atoms with Crippen molar-refractivity contribution in [2.24, 2.45) is 0 Å². The zero-order valence-electron chi connectivity index (χ0n) is 25.5. The highest BCUT2D eigenvalue weighted by atomic mass is 32.2. The second-order valence-electron chi connectivity index (χ2n) is 11.4. The number of aryl methyl sites for hydroxylation is 1. The van der Waals surface area contributed by atoms with Crippen molar-refractivity contribution in [1.82, 2.24) is 9.80 Å². The fraction of sp³-hybridized carbons (Fsp3) is 0.270. The second kappa shape index (κ2) is 15.0. The molecule has 0 unspecified atom stereocenters. The number of thiocarbonyl (C=S) groups is 1. The Bertz CT molecular complexity index is 1770. The summed E-state index contributed by atoms with van der Waals surface area (Å²) in [7, 11) is 0. The fourth-order valence-electron chi connectivity index (χ4n) is 5.66. The topological polar surface area (TPSA) is 79.3 Å². The summed E-state index contributed by atoms with van der Waals surface area (Å²) in [6, 6.07) is 28.7. The highest BCUT2D eigenvalue weighted by Crippen LogP contribution is 2.36. The zero-order chi connectivity index (χ0) is 31.9. The van der Waals surface area contributed by atoms with Crippen LogP contribution in [0.25, 0.3) is 28.0 Å². The third-order valence-corrected chi connectivity index (χ3v) is 9.66. The first kappa shape index (κ1) is 31.9. The van der Waals surface area contributed by atoms with Crippen molar-refractivity contribution in [2.45, 2.75) is 19.3 Å². The number of morpholine rings is 1. The van der Waals surface area contributed by atoms with E-state index in [4.69, 9.17) is 26.8 Å². The lowest BCUT2D eigenvalue weighted by atomic mass is 9.98. The van der Waals surface area contributed by atoms with E-state index < -0.39 is 5.97 Å². The van der Waals surface area contributed by atoms with Crippen molar-refractivity contribution in [1.29, 1.82) is 0 Å². The van der Waals surface area contributed by atoms with Gasteiger partial charge in [-0.3, -0.25) is 19.4 Å². The maximum atomic E-state index is 13.5. The van der Waals surface area contributed by atoms with Crippen LogP contribution >= 0.6 is 24.0 Å². The van der Waals surface area contributed by atoms with Crippen molar-refractivity contribution < 1.29 is 24.2 Å². The molecule has 1 amide bonds. The van der Waals surface area contributed by atoms with Gasteiger partial charge in [0.25, 0.3) is 5.91 Å². The van der Waals surface area contributed by atoms with Gasteiger partial charge in [0.05, 0.1) is 18.1 Å². The average Bonchev–Trinajstić information content (AvgIpc) is 3.34. The Morgan fingerprint density at radius 2 is 1.65 bits per heavy atom. The quantitative estimate of drug-likeness (QED) is 0.134. The molecule has 4 aromatic carbocycles. The van der Waals surface area contributed by atoms with Gasteiger partial charge in [-0.05, 0) is 70.1 Å². The van der Waals surface area contributed by atoms with E-state index in [0.29, 0.717) is 35.2 Å². The number of hydrogen-bond donors (Lipinski definition) is 1. The summed E-state index contributed by atoms with van der Waals surface area (Å²) < 4.78 is 12.4. The Hall–Kier alpha value is -4.02. The summed E-state index contributed by atoms with van der Waals surface area (Å²) in [4.78, 5) is 28.9. The third-order valence-electron chi connectivity index (χ3n) is 8.28. The van der Waals surface area contributed by atoms with Crippen LogP contribution in [-0.2, 0) is 27.2 Å². The van der Waals surface area contributed by atoms with Crippen LogP contribution in [0, 0.1) is 0 Å². The van der Waals surface area contributed by atoms with Gasteiger partial charge in [0.2, 0.25) is 0 Å². The van der Waals surface area contributed by atoms with Crippen LogP contribution in [0.1, 0.15) is 23.1 Å². The van der Waals surface area contributed by atoms with Crippen LogP contribution in [0.5, 0.6) is 5.75 Å². The van der Waals surface area contributed by atoms with E-state index in [9.17, 15) is 9.59 Å². The summed E-state index contributed by atoms with van der Waals surface area (Å²) in [5.74, 6) is -0.0893. The number of carboxylic acids is 1. The van der Waals surface area contributed by atoms with Gasteiger partial charge in [0.1, 0.15) is 16.7 Å². The summed E-state index contributed by atoms with van der Waals surface area (Å²) in [5.41, 5.74) is 4.99. The molecular weight excluding hydrogens is 617 g/mol. The summed E-state index contributed by atoms with van der Waals surface area (Å²) >= 11 is 6.94. The monoisotopic (exact) mass is 652 g/mol. The number of aliphatic carboxylic acids is 1. The van der Waals surface area contributed by atoms with E-state index in [-0.39, 0.29) is 12.3 Å². The SMILES string of the molecule is O=C(O)CCc1ccc(CCN2C(=O)/C(=C/c3ccc(OCCN4CCOCC4)c(-c4ccc5ccccc5c4)c3)SC2=S)cc1. The summed E-state index contributed by atoms with van der Waals surface area (Å²) in [5, 5.41) is 11.2. The number of nitrogens with zero attached hydrogens (tertiary/aromatic N) is 2. The molecule has 0 atom stereocenters. The Kier molecular flexibility index (Phi) is 10.4. The van der Waals surface area contributed by atoms with E-state index >= 15 is 0 Å². The molecule has 9 heteroatoms. The van der Waals surface area contributed by atoms with Crippen molar-refractivity contribution in [2.75, 3.05) is 46.0 Å². The number of thioether (sulfide) groups is 1. The number of hydrogen-bond acceptors (Lipinski definition) is 7. The highest BCUT2D eigenvalue weighted by Gasteiger charge is 2.31. The molecule has 2 saturated heterocycles. The Morgan fingerprint density at radius 3 is 2.41 bits per heavy atom. The van der Waals surface area contributed by atoms with Crippen molar-refractivity contribution in [3.63, 3.8) is 0 Å². The van der Waals surface area contributed by atoms with Gasteiger partial charge in [-0.25, -0.2) is 0 Å². The smallest absolute Gasteiger partial charge is 0.303 e. The van der Waals surface area contributed by atoms with Gasteiger partial charge in [0, 0.05) is 38.2 Å². The molecule has 0 aliphatic carbocycles. The van der Waals surface area contributed by atoms with Crippen LogP contribution in [0.3, 0.4) is 0 Å². The van der Waals surface area contributed by atoms with E-state index in [2.05, 4.69) is 41.3 Å².